The molecule has 0 aliphatic heterocycles. The zero-order chi connectivity index (χ0) is 16.1. The summed E-state index contributed by atoms with van der Waals surface area (Å²) in [6, 6.07) is 0.559. The van der Waals surface area contributed by atoms with Crippen molar-refractivity contribution in [1.82, 2.24) is 14.9 Å². The van der Waals surface area contributed by atoms with Crippen LogP contribution >= 0.6 is 11.8 Å². The quantitative estimate of drug-likeness (QED) is 0.805. The van der Waals surface area contributed by atoms with Crippen molar-refractivity contribution >= 4 is 17.7 Å². The lowest BCUT2D eigenvalue weighted by Crippen LogP contribution is -2.31. The Bertz CT molecular complexity index is 506. The lowest BCUT2D eigenvalue weighted by Gasteiger charge is -2.26. The van der Waals surface area contributed by atoms with Crippen LogP contribution in [0, 0.1) is 13.8 Å². The Morgan fingerprint density at radius 3 is 2.68 bits per heavy atom. The Balaban J connectivity index is 2.13. The van der Waals surface area contributed by atoms with Gasteiger partial charge in [-0.1, -0.05) is 37.9 Å². The zero-order valence-corrected chi connectivity index (χ0v) is 15.1. The van der Waals surface area contributed by atoms with E-state index in [4.69, 9.17) is 4.98 Å². The Labute approximate surface area is 138 Å². The summed E-state index contributed by atoms with van der Waals surface area (Å²) < 4.78 is 2.39. The van der Waals surface area contributed by atoms with Crippen molar-refractivity contribution in [1.29, 1.82) is 0 Å². The molecule has 124 valence electrons. The maximum Gasteiger partial charge on any atom is 0.233 e. The van der Waals surface area contributed by atoms with Crippen LogP contribution in [0.25, 0.3) is 0 Å². The molecule has 0 bridgehead atoms. The largest absolute Gasteiger partial charge is 0.355 e. The minimum absolute atomic E-state index is 0.102. The molecule has 1 heterocycles. The molecule has 1 fully saturated rings. The highest BCUT2D eigenvalue weighted by atomic mass is 32.2. The first kappa shape index (κ1) is 17.4. The molecule has 1 N–H and O–H groups in total. The van der Waals surface area contributed by atoms with Crippen molar-refractivity contribution in [3.8, 4) is 0 Å². The molecule has 2 rings (SSSR count). The molecule has 1 aliphatic rings. The predicted octanol–water partition coefficient (Wildman–Crippen LogP) is 4.01. The number of carbonyl (C=O) groups excluding carboxylic acids is 1. The first-order chi connectivity index (χ1) is 10.5. The van der Waals surface area contributed by atoms with Gasteiger partial charge < -0.3 is 9.88 Å². The number of hydrogen-bond acceptors (Lipinski definition) is 3. The number of carbonyl (C=O) groups is 1. The van der Waals surface area contributed by atoms with Crippen molar-refractivity contribution in [3.63, 3.8) is 0 Å². The van der Waals surface area contributed by atoms with Gasteiger partial charge in [-0.15, -0.1) is 0 Å². The van der Waals surface area contributed by atoms with Gasteiger partial charge in [-0.3, -0.25) is 4.79 Å². The van der Waals surface area contributed by atoms with Gasteiger partial charge in [0.2, 0.25) is 5.91 Å². The van der Waals surface area contributed by atoms with E-state index in [1.54, 1.807) is 11.8 Å². The molecule has 5 heteroatoms. The smallest absolute Gasteiger partial charge is 0.233 e. The standard InChI is InChI=1S/C17H29N3OS/c1-5-11-18-16(21)14(4)22-17-19-12(2)13(3)20(17)15-9-7-6-8-10-15/h14-15H,5-11H2,1-4H3,(H,18,21). The number of nitrogens with zero attached hydrogens (tertiary/aromatic N) is 2. The third-order valence-electron chi connectivity index (χ3n) is 4.49. The third kappa shape index (κ3) is 4.06. The Morgan fingerprint density at radius 2 is 2.05 bits per heavy atom. The number of aromatic nitrogens is 2. The maximum atomic E-state index is 12.1. The SMILES string of the molecule is CCCNC(=O)C(C)Sc1nc(C)c(C)n1C1CCCCC1. The van der Waals surface area contributed by atoms with Gasteiger partial charge in [-0.25, -0.2) is 4.98 Å². The van der Waals surface area contributed by atoms with E-state index in [0.29, 0.717) is 6.04 Å². The number of imidazole rings is 1. The van der Waals surface area contributed by atoms with Gasteiger partial charge in [0.05, 0.1) is 10.9 Å². The van der Waals surface area contributed by atoms with Gasteiger partial charge in [-0.2, -0.15) is 0 Å². The van der Waals surface area contributed by atoms with Crippen LogP contribution in [0.2, 0.25) is 0 Å². The van der Waals surface area contributed by atoms with Crippen molar-refractivity contribution in [2.45, 2.75) is 82.7 Å². The second-order valence-electron chi connectivity index (χ2n) is 6.28. The van der Waals surface area contributed by atoms with Gasteiger partial charge in [0.1, 0.15) is 0 Å². The highest BCUT2D eigenvalue weighted by molar-refractivity contribution is 8.00. The second kappa shape index (κ2) is 8.04. The lowest BCUT2D eigenvalue weighted by atomic mass is 9.95. The summed E-state index contributed by atoms with van der Waals surface area (Å²) in [6.45, 7) is 9.02. The molecule has 0 radical (unpaired) electrons. The second-order valence-corrected chi connectivity index (χ2v) is 7.59. The van der Waals surface area contributed by atoms with E-state index in [1.165, 1.54) is 37.8 Å². The molecule has 22 heavy (non-hydrogen) atoms. The Morgan fingerprint density at radius 1 is 1.36 bits per heavy atom. The van der Waals surface area contributed by atoms with E-state index >= 15 is 0 Å². The molecular weight excluding hydrogens is 294 g/mol. The molecule has 4 nitrogen and oxygen atoms in total. The third-order valence-corrected chi connectivity index (χ3v) is 5.56. The van der Waals surface area contributed by atoms with Crippen LogP contribution in [-0.4, -0.2) is 27.3 Å². The average Bonchev–Trinajstić information content (AvgIpc) is 2.80. The van der Waals surface area contributed by atoms with Crippen LogP contribution in [0.3, 0.4) is 0 Å². The Kier molecular flexibility index (Phi) is 6.36. The van der Waals surface area contributed by atoms with Crippen LogP contribution in [-0.2, 0) is 4.79 Å². The molecule has 0 saturated heterocycles. The molecule has 1 amide bonds. The highest BCUT2D eigenvalue weighted by Gasteiger charge is 2.24. The highest BCUT2D eigenvalue weighted by Crippen LogP contribution is 2.35. The van der Waals surface area contributed by atoms with Crippen molar-refractivity contribution in [3.05, 3.63) is 11.4 Å². The summed E-state index contributed by atoms with van der Waals surface area (Å²) in [7, 11) is 0. The summed E-state index contributed by atoms with van der Waals surface area (Å²) in [5, 5.41) is 3.89. The fourth-order valence-corrected chi connectivity index (χ4v) is 4.15. The van der Waals surface area contributed by atoms with E-state index in [9.17, 15) is 4.79 Å². The molecule has 1 saturated carbocycles. The van der Waals surface area contributed by atoms with Crippen LogP contribution < -0.4 is 5.32 Å². The fourth-order valence-electron chi connectivity index (χ4n) is 3.05. The van der Waals surface area contributed by atoms with E-state index < -0.39 is 0 Å². The number of thioether (sulfide) groups is 1. The zero-order valence-electron chi connectivity index (χ0n) is 14.3. The summed E-state index contributed by atoms with van der Waals surface area (Å²) in [5.41, 5.74) is 2.35. The van der Waals surface area contributed by atoms with Gasteiger partial charge >= 0.3 is 0 Å². The van der Waals surface area contributed by atoms with Crippen molar-refractivity contribution in [2.75, 3.05) is 6.54 Å². The number of amides is 1. The van der Waals surface area contributed by atoms with Gasteiger partial charge in [0.15, 0.2) is 5.16 Å². The summed E-state index contributed by atoms with van der Waals surface area (Å²) in [5.74, 6) is 0.111. The van der Waals surface area contributed by atoms with Crippen LogP contribution in [0.5, 0.6) is 0 Å². The van der Waals surface area contributed by atoms with E-state index in [-0.39, 0.29) is 11.2 Å². The molecule has 1 aromatic heterocycles. The minimum Gasteiger partial charge on any atom is -0.355 e. The summed E-state index contributed by atoms with van der Waals surface area (Å²) in [4.78, 5) is 16.9. The van der Waals surface area contributed by atoms with Gasteiger partial charge in [0, 0.05) is 18.3 Å². The number of rotatable bonds is 6. The number of aryl methyl sites for hydroxylation is 1. The normalized spacial score (nSPS) is 17.5. The number of nitrogens with one attached hydrogen (secondary N) is 1. The monoisotopic (exact) mass is 323 g/mol. The van der Waals surface area contributed by atoms with Crippen molar-refractivity contribution in [2.24, 2.45) is 0 Å². The average molecular weight is 324 g/mol. The maximum absolute atomic E-state index is 12.1. The first-order valence-electron chi connectivity index (χ1n) is 8.54. The molecule has 0 spiro atoms. The minimum atomic E-state index is -0.102. The summed E-state index contributed by atoms with van der Waals surface area (Å²) in [6.07, 6.45) is 7.40. The molecule has 1 aromatic rings. The van der Waals surface area contributed by atoms with Crippen LogP contribution in [0.15, 0.2) is 5.16 Å². The first-order valence-corrected chi connectivity index (χ1v) is 9.42. The molecule has 0 aromatic carbocycles. The lowest BCUT2D eigenvalue weighted by molar-refractivity contribution is -0.120. The molecule has 1 unspecified atom stereocenters. The molecule has 1 aliphatic carbocycles. The number of hydrogen-bond donors (Lipinski definition) is 1. The fraction of sp³-hybridized carbons (Fsp3) is 0.765. The van der Waals surface area contributed by atoms with Gasteiger partial charge in [-0.05, 0) is 40.0 Å². The molecular formula is C17H29N3OS. The summed E-state index contributed by atoms with van der Waals surface area (Å²) >= 11 is 1.60. The predicted molar refractivity (Wildman–Crippen MR) is 92.4 cm³/mol. The topological polar surface area (TPSA) is 46.9 Å². The van der Waals surface area contributed by atoms with E-state index in [1.807, 2.05) is 6.92 Å². The molecule has 1 atom stereocenters. The van der Waals surface area contributed by atoms with Crippen molar-refractivity contribution < 1.29 is 4.79 Å². The Hall–Kier alpha value is -0.970. The van der Waals surface area contributed by atoms with E-state index in [0.717, 1.165) is 23.8 Å². The van der Waals surface area contributed by atoms with Crippen LogP contribution in [0.1, 0.15) is 69.8 Å². The van der Waals surface area contributed by atoms with E-state index in [2.05, 4.69) is 30.7 Å². The van der Waals surface area contributed by atoms with Gasteiger partial charge in [0.25, 0.3) is 0 Å². The van der Waals surface area contributed by atoms with Crippen LogP contribution in [0.4, 0.5) is 0 Å².